The molecule has 2 rings (SSSR count). The van der Waals surface area contributed by atoms with Gasteiger partial charge >= 0.3 is 0 Å². The third-order valence-corrected chi connectivity index (χ3v) is 4.38. The molecule has 0 aromatic heterocycles. The Bertz CT molecular complexity index is 445. The van der Waals surface area contributed by atoms with Gasteiger partial charge in [0.05, 0.1) is 12.6 Å². The second-order valence-corrected chi connectivity index (χ2v) is 5.87. The van der Waals surface area contributed by atoms with Crippen LogP contribution in [0.5, 0.6) is 0 Å². The standard InChI is InChI=1S/C17H27N3O/c1-4-10-20(16-11-18-12-16)13-17(21)19(3)14(2)15-8-6-5-7-9-15/h5-9,14,16,18H,4,10-13H2,1-3H3. The van der Waals surface area contributed by atoms with Crippen molar-refractivity contribution in [1.29, 1.82) is 0 Å². The van der Waals surface area contributed by atoms with Gasteiger partial charge in [-0.15, -0.1) is 0 Å². The molecule has 21 heavy (non-hydrogen) atoms. The molecule has 0 bridgehead atoms. The fourth-order valence-corrected chi connectivity index (χ4v) is 2.67. The maximum absolute atomic E-state index is 12.6. The van der Waals surface area contributed by atoms with E-state index in [4.69, 9.17) is 0 Å². The topological polar surface area (TPSA) is 35.6 Å². The van der Waals surface area contributed by atoms with Gasteiger partial charge in [0.25, 0.3) is 0 Å². The van der Waals surface area contributed by atoms with Crippen molar-refractivity contribution in [2.24, 2.45) is 0 Å². The van der Waals surface area contributed by atoms with Crippen LogP contribution in [0, 0.1) is 0 Å². The number of likely N-dealkylation sites (N-methyl/N-ethyl adjacent to an activating group) is 1. The Morgan fingerprint density at radius 3 is 2.52 bits per heavy atom. The Kier molecular flexibility index (Phi) is 5.76. The van der Waals surface area contributed by atoms with E-state index in [1.807, 2.05) is 30.1 Å². The molecule has 1 aromatic carbocycles. The zero-order valence-corrected chi connectivity index (χ0v) is 13.4. The largest absolute Gasteiger partial charge is 0.338 e. The van der Waals surface area contributed by atoms with E-state index in [0.29, 0.717) is 12.6 Å². The van der Waals surface area contributed by atoms with Crippen LogP contribution < -0.4 is 5.32 Å². The maximum Gasteiger partial charge on any atom is 0.237 e. The Balaban J connectivity index is 1.94. The number of nitrogens with zero attached hydrogens (tertiary/aromatic N) is 2. The fraction of sp³-hybridized carbons (Fsp3) is 0.588. The zero-order chi connectivity index (χ0) is 15.2. The summed E-state index contributed by atoms with van der Waals surface area (Å²) < 4.78 is 0. The Hall–Kier alpha value is -1.39. The van der Waals surface area contributed by atoms with Crippen LogP contribution in [0.15, 0.2) is 30.3 Å². The molecular formula is C17H27N3O. The number of carbonyl (C=O) groups excluding carboxylic acids is 1. The van der Waals surface area contributed by atoms with Gasteiger partial charge < -0.3 is 10.2 Å². The summed E-state index contributed by atoms with van der Waals surface area (Å²) in [5.41, 5.74) is 1.18. The highest BCUT2D eigenvalue weighted by molar-refractivity contribution is 5.78. The van der Waals surface area contributed by atoms with Crippen molar-refractivity contribution in [3.05, 3.63) is 35.9 Å². The highest BCUT2D eigenvalue weighted by atomic mass is 16.2. The summed E-state index contributed by atoms with van der Waals surface area (Å²) in [5.74, 6) is 0.201. The summed E-state index contributed by atoms with van der Waals surface area (Å²) in [7, 11) is 1.91. The van der Waals surface area contributed by atoms with Crippen molar-refractivity contribution in [2.45, 2.75) is 32.4 Å². The van der Waals surface area contributed by atoms with Crippen LogP contribution in [0.25, 0.3) is 0 Å². The number of rotatable bonds is 7. The van der Waals surface area contributed by atoms with Gasteiger partial charge in [-0.1, -0.05) is 37.3 Å². The van der Waals surface area contributed by atoms with Gasteiger partial charge in [-0.05, 0) is 25.5 Å². The number of hydrogen-bond donors (Lipinski definition) is 1. The van der Waals surface area contributed by atoms with E-state index in [9.17, 15) is 4.79 Å². The molecule has 4 nitrogen and oxygen atoms in total. The molecule has 116 valence electrons. The van der Waals surface area contributed by atoms with Gasteiger partial charge in [-0.3, -0.25) is 9.69 Å². The van der Waals surface area contributed by atoms with Gasteiger partial charge in [0, 0.05) is 26.2 Å². The van der Waals surface area contributed by atoms with Gasteiger partial charge in [-0.2, -0.15) is 0 Å². The van der Waals surface area contributed by atoms with Gasteiger partial charge in [0.2, 0.25) is 5.91 Å². The number of benzene rings is 1. The molecule has 0 saturated carbocycles. The third-order valence-electron chi connectivity index (χ3n) is 4.38. The van der Waals surface area contributed by atoms with Crippen molar-refractivity contribution in [3.63, 3.8) is 0 Å². The number of nitrogens with one attached hydrogen (secondary N) is 1. The van der Waals surface area contributed by atoms with Crippen LogP contribution in [-0.4, -0.2) is 55.0 Å². The second-order valence-electron chi connectivity index (χ2n) is 5.87. The molecule has 1 aliphatic heterocycles. The minimum absolute atomic E-state index is 0.113. The number of carbonyl (C=O) groups is 1. The Morgan fingerprint density at radius 1 is 1.33 bits per heavy atom. The predicted octanol–water partition coefficient (Wildman–Crippen LogP) is 1.89. The van der Waals surface area contributed by atoms with Crippen LogP contribution in [0.1, 0.15) is 31.9 Å². The van der Waals surface area contributed by atoms with E-state index in [-0.39, 0.29) is 11.9 Å². The first kappa shape index (κ1) is 16.0. The first-order valence-electron chi connectivity index (χ1n) is 7.88. The summed E-state index contributed by atoms with van der Waals surface area (Å²) in [6.45, 7) is 7.78. The Labute approximate surface area is 128 Å². The minimum Gasteiger partial charge on any atom is -0.338 e. The molecule has 1 amide bonds. The summed E-state index contributed by atoms with van der Waals surface area (Å²) in [6.07, 6.45) is 1.09. The van der Waals surface area contributed by atoms with Crippen LogP contribution in [0.4, 0.5) is 0 Å². The van der Waals surface area contributed by atoms with Crippen LogP contribution in [0.2, 0.25) is 0 Å². The summed E-state index contributed by atoms with van der Waals surface area (Å²) in [5, 5.41) is 3.28. The minimum atomic E-state index is 0.113. The molecule has 1 aliphatic rings. The van der Waals surface area contributed by atoms with E-state index in [1.54, 1.807) is 0 Å². The maximum atomic E-state index is 12.6. The molecule has 0 aliphatic carbocycles. The summed E-state index contributed by atoms with van der Waals surface area (Å²) in [4.78, 5) is 16.7. The highest BCUT2D eigenvalue weighted by Gasteiger charge is 2.27. The van der Waals surface area contributed by atoms with Gasteiger partial charge in [0.15, 0.2) is 0 Å². The van der Waals surface area contributed by atoms with Crippen LogP contribution in [-0.2, 0) is 4.79 Å². The van der Waals surface area contributed by atoms with Crippen molar-refractivity contribution >= 4 is 5.91 Å². The molecule has 0 radical (unpaired) electrons. The van der Waals surface area contributed by atoms with E-state index in [0.717, 1.165) is 26.1 Å². The Morgan fingerprint density at radius 2 is 2.00 bits per heavy atom. The molecule has 1 atom stereocenters. The number of amides is 1. The third kappa shape index (κ3) is 4.05. The summed E-state index contributed by atoms with van der Waals surface area (Å²) >= 11 is 0. The lowest BCUT2D eigenvalue weighted by atomic mass is 10.1. The van der Waals surface area contributed by atoms with Crippen molar-refractivity contribution in [3.8, 4) is 0 Å². The van der Waals surface area contributed by atoms with E-state index < -0.39 is 0 Å². The van der Waals surface area contributed by atoms with Crippen molar-refractivity contribution in [2.75, 3.05) is 33.2 Å². The lowest BCUT2D eigenvalue weighted by Gasteiger charge is -2.39. The van der Waals surface area contributed by atoms with E-state index >= 15 is 0 Å². The van der Waals surface area contributed by atoms with Crippen molar-refractivity contribution < 1.29 is 4.79 Å². The first-order valence-corrected chi connectivity index (χ1v) is 7.88. The lowest BCUT2D eigenvalue weighted by Crippen LogP contribution is -2.59. The smallest absolute Gasteiger partial charge is 0.237 e. The molecule has 1 unspecified atom stereocenters. The molecule has 1 fully saturated rings. The zero-order valence-electron chi connectivity index (χ0n) is 13.4. The normalized spacial score (nSPS) is 16.6. The molecule has 1 heterocycles. The molecule has 1 aromatic rings. The SMILES string of the molecule is CCCN(CC(=O)N(C)C(C)c1ccccc1)C1CNC1. The van der Waals surface area contributed by atoms with E-state index in [1.165, 1.54) is 5.56 Å². The van der Waals surface area contributed by atoms with Crippen LogP contribution in [0.3, 0.4) is 0 Å². The molecule has 1 saturated heterocycles. The molecule has 4 heteroatoms. The van der Waals surface area contributed by atoms with Gasteiger partial charge in [-0.25, -0.2) is 0 Å². The van der Waals surface area contributed by atoms with Crippen LogP contribution >= 0.6 is 0 Å². The monoisotopic (exact) mass is 289 g/mol. The molecular weight excluding hydrogens is 262 g/mol. The van der Waals surface area contributed by atoms with Gasteiger partial charge in [0.1, 0.15) is 0 Å². The quantitative estimate of drug-likeness (QED) is 0.832. The summed E-state index contributed by atoms with van der Waals surface area (Å²) in [6, 6.07) is 10.8. The predicted molar refractivity (Wildman–Crippen MR) is 86.1 cm³/mol. The average molecular weight is 289 g/mol. The highest BCUT2D eigenvalue weighted by Crippen LogP contribution is 2.18. The molecule has 1 N–H and O–H groups in total. The van der Waals surface area contributed by atoms with Crippen molar-refractivity contribution in [1.82, 2.24) is 15.1 Å². The molecule has 0 spiro atoms. The average Bonchev–Trinajstić information content (AvgIpc) is 2.45. The van der Waals surface area contributed by atoms with E-state index in [2.05, 4.69) is 36.2 Å². The first-order chi connectivity index (χ1) is 10.1. The second kappa shape index (κ2) is 7.57. The number of hydrogen-bond acceptors (Lipinski definition) is 3. The lowest BCUT2D eigenvalue weighted by molar-refractivity contribution is -0.133. The fourth-order valence-electron chi connectivity index (χ4n) is 2.67.